The number of carbonyl (C=O) groups is 1. The van der Waals surface area contributed by atoms with E-state index in [0.29, 0.717) is 24.5 Å². The Hall–Kier alpha value is -3.12. The van der Waals surface area contributed by atoms with Gasteiger partial charge in [0.2, 0.25) is 5.91 Å². The number of halogens is 1. The zero-order valence-electron chi connectivity index (χ0n) is 17.8. The van der Waals surface area contributed by atoms with Gasteiger partial charge in [-0.15, -0.1) is 0 Å². The molecule has 0 aliphatic rings. The monoisotopic (exact) mass is 410 g/mol. The van der Waals surface area contributed by atoms with Crippen LogP contribution < -0.4 is 10.1 Å². The number of rotatable bonds is 8. The average molecular weight is 410 g/mol. The van der Waals surface area contributed by atoms with Crippen molar-refractivity contribution in [3.8, 4) is 16.9 Å². The summed E-state index contributed by atoms with van der Waals surface area (Å²) in [5, 5.41) is 3.76. The zero-order chi connectivity index (χ0) is 21.7. The lowest BCUT2D eigenvalue weighted by Gasteiger charge is -2.12. The highest BCUT2D eigenvalue weighted by Gasteiger charge is 2.15. The summed E-state index contributed by atoms with van der Waals surface area (Å²) in [5.74, 6) is 0.215. The third-order valence-corrected chi connectivity index (χ3v) is 4.76. The highest BCUT2D eigenvalue weighted by Crippen LogP contribution is 2.37. The van der Waals surface area contributed by atoms with Crippen LogP contribution in [0.5, 0.6) is 5.75 Å². The van der Waals surface area contributed by atoms with E-state index in [4.69, 9.17) is 9.15 Å². The van der Waals surface area contributed by atoms with Crippen molar-refractivity contribution in [2.75, 3.05) is 33.8 Å². The lowest BCUT2D eigenvalue weighted by molar-refractivity contribution is -0.116. The molecule has 1 aromatic heterocycles. The summed E-state index contributed by atoms with van der Waals surface area (Å²) in [7, 11) is 3.92. The minimum atomic E-state index is -0.287. The Morgan fingerprint density at radius 2 is 1.97 bits per heavy atom. The summed E-state index contributed by atoms with van der Waals surface area (Å²) in [6.07, 6.45) is 3.24. The maximum Gasteiger partial charge on any atom is 0.244 e. The minimum Gasteiger partial charge on any atom is -0.493 e. The molecule has 0 bridgehead atoms. The molecule has 5 nitrogen and oxygen atoms in total. The molecule has 158 valence electrons. The molecule has 2 aromatic carbocycles. The van der Waals surface area contributed by atoms with Gasteiger partial charge >= 0.3 is 0 Å². The standard InChI is InChI=1S/C24H27FN2O3/c1-5-29-22-14-23-20(21(15-30-23)17-6-8-18(25)9-7-17)13-19(22)16(2)12-24(28)26-10-11-27(3)4/h6-9,12-15H,5,10-11H2,1-4H3,(H,26,28)/b16-12+. The van der Waals surface area contributed by atoms with Gasteiger partial charge in [0, 0.05) is 41.7 Å². The minimum absolute atomic E-state index is 0.150. The van der Waals surface area contributed by atoms with Crippen LogP contribution in [-0.4, -0.2) is 44.6 Å². The average Bonchev–Trinajstić information content (AvgIpc) is 3.10. The molecule has 1 amide bonds. The fourth-order valence-corrected chi connectivity index (χ4v) is 3.22. The van der Waals surface area contributed by atoms with Crippen molar-refractivity contribution < 1.29 is 18.3 Å². The number of nitrogens with zero attached hydrogens (tertiary/aromatic N) is 1. The molecular weight excluding hydrogens is 383 g/mol. The molecular formula is C24H27FN2O3. The predicted molar refractivity (Wildman–Crippen MR) is 118 cm³/mol. The fraction of sp³-hybridized carbons (Fsp3) is 0.292. The first-order valence-electron chi connectivity index (χ1n) is 9.94. The van der Waals surface area contributed by atoms with E-state index in [0.717, 1.165) is 34.2 Å². The van der Waals surface area contributed by atoms with Crippen LogP contribution in [0, 0.1) is 5.82 Å². The van der Waals surface area contributed by atoms with Crippen molar-refractivity contribution in [1.29, 1.82) is 0 Å². The van der Waals surface area contributed by atoms with Crippen LogP contribution in [0.25, 0.3) is 27.7 Å². The first kappa shape index (κ1) is 21.6. The van der Waals surface area contributed by atoms with Gasteiger partial charge in [-0.2, -0.15) is 0 Å². The molecule has 1 heterocycles. The number of fused-ring (bicyclic) bond motifs is 1. The predicted octanol–water partition coefficient (Wildman–Crippen LogP) is 4.72. The van der Waals surface area contributed by atoms with Gasteiger partial charge in [-0.25, -0.2) is 4.39 Å². The van der Waals surface area contributed by atoms with E-state index in [1.54, 1.807) is 24.5 Å². The van der Waals surface area contributed by atoms with Crippen molar-refractivity contribution in [2.45, 2.75) is 13.8 Å². The number of hydrogen-bond acceptors (Lipinski definition) is 4. The Balaban J connectivity index is 1.98. The van der Waals surface area contributed by atoms with Crippen molar-refractivity contribution in [1.82, 2.24) is 10.2 Å². The zero-order valence-corrected chi connectivity index (χ0v) is 17.8. The van der Waals surface area contributed by atoms with Gasteiger partial charge in [0.1, 0.15) is 17.1 Å². The van der Waals surface area contributed by atoms with Gasteiger partial charge in [-0.3, -0.25) is 4.79 Å². The van der Waals surface area contributed by atoms with Crippen LogP contribution in [0.4, 0.5) is 4.39 Å². The Kier molecular flexibility index (Phi) is 6.90. The first-order chi connectivity index (χ1) is 14.4. The quantitative estimate of drug-likeness (QED) is 0.546. The van der Waals surface area contributed by atoms with Crippen LogP contribution in [0.1, 0.15) is 19.4 Å². The molecule has 3 rings (SSSR count). The summed E-state index contributed by atoms with van der Waals surface area (Å²) < 4.78 is 24.9. The Bertz CT molecular complexity index is 1050. The van der Waals surface area contributed by atoms with Crippen molar-refractivity contribution in [3.05, 3.63) is 60.1 Å². The van der Waals surface area contributed by atoms with Crippen LogP contribution in [0.15, 0.2) is 53.2 Å². The van der Waals surface area contributed by atoms with Crippen LogP contribution in [0.2, 0.25) is 0 Å². The molecule has 0 radical (unpaired) electrons. The third kappa shape index (κ3) is 5.07. The van der Waals surface area contributed by atoms with Crippen molar-refractivity contribution in [3.63, 3.8) is 0 Å². The molecule has 0 fully saturated rings. The largest absolute Gasteiger partial charge is 0.493 e. The molecule has 0 saturated heterocycles. The fourth-order valence-electron chi connectivity index (χ4n) is 3.22. The summed E-state index contributed by atoms with van der Waals surface area (Å²) >= 11 is 0. The number of likely N-dealkylation sites (N-methyl/N-ethyl adjacent to an activating group) is 1. The number of ether oxygens (including phenoxy) is 1. The van der Waals surface area contributed by atoms with Gasteiger partial charge < -0.3 is 19.4 Å². The van der Waals surface area contributed by atoms with Crippen LogP contribution in [0.3, 0.4) is 0 Å². The molecule has 6 heteroatoms. The number of carbonyl (C=O) groups excluding carboxylic acids is 1. The second kappa shape index (κ2) is 9.59. The van der Waals surface area contributed by atoms with E-state index in [1.807, 2.05) is 45.0 Å². The van der Waals surface area contributed by atoms with Gasteiger partial charge in [0.15, 0.2) is 0 Å². The summed E-state index contributed by atoms with van der Waals surface area (Å²) in [6.45, 7) is 5.63. The van der Waals surface area contributed by atoms with E-state index in [9.17, 15) is 9.18 Å². The molecule has 0 saturated carbocycles. The van der Waals surface area contributed by atoms with Crippen LogP contribution in [-0.2, 0) is 4.79 Å². The lowest BCUT2D eigenvalue weighted by atomic mass is 9.99. The SMILES string of the molecule is CCOc1cc2occ(-c3ccc(F)cc3)c2cc1/C(C)=C/C(=O)NCCN(C)C. The number of hydrogen-bond donors (Lipinski definition) is 1. The summed E-state index contributed by atoms with van der Waals surface area (Å²) in [4.78, 5) is 14.3. The van der Waals surface area contributed by atoms with Gasteiger partial charge in [0.05, 0.1) is 12.9 Å². The molecule has 0 aliphatic heterocycles. The Morgan fingerprint density at radius 3 is 2.63 bits per heavy atom. The smallest absolute Gasteiger partial charge is 0.244 e. The van der Waals surface area contributed by atoms with Gasteiger partial charge in [0.25, 0.3) is 0 Å². The van der Waals surface area contributed by atoms with Crippen LogP contribution >= 0.6 is 0 Å². The van der Waals surface area contributed by atoms with E-state index < -0.39 is 0 Å². The molecule has 0 atom stereocenters. The Labute approximate surface area is 176 Å². The van der Waals surface area contributed by atoms with E-state index in [2.05, 4.69) is 5.32 Å². The van der Waals surface area contributed by atoms with E-state index >= 15 is 0 Å². The second-order valence-electron chi connectivity index (χ2n) is 7.36. The molecule has 3 aromatic rings. The number of allylic oxidation sites excluding steroid dienone is 1. The Morgan fingerprint density at radius 1 is 1.23 bits per heavy atom. The summed E-state index contributed by atoms with van der Waals surface area (Å²) in [6, 6.07) is 10.1. The number of furan rings is 1. The number of benzene rings is 2. The molecule has 0 unspecified atom stereocenters. The first-order valence-corrected chi connectivity index (χ1v) is 9.94. The molecule has 0 spiro atoms. The van der Waals surface area contributed by atoms with Gasteiger partial charge in [-0.05, 0) is 57.3 Å². The lowest BCUT2D eigenvalue weighted by Crippen LogP contribution is -2.30. The van der Waals surface area contributed by atoms with Crippen molar-refractivity contribution >= 4 is 22.4 Å². The number of nitrogens with one attached hydrogen (secondary N) is 1. The number of amides is 1. The summed E-state index contributed by atoms with van der Waals surface area (Å²) in [5.41, 5.74) is 3.99. The highest BCUT2D eigenvalue weighted by molar-refractivity contribution is 6.00. The van der Waals surface area contributed by atoms with E-state index in [-0.39, 0.29) is 11.7 Å². The third-order valence-electron chi connectivity index (χ3n) is 4.76. The maximum absolute atomic E-state index is 13.3. The van der Waals surface area contributed by atoms with Crippen molar-refractivity contribution in [2.24, 2.45) is 0 Å². The van der Waals surface area contributed by atoms with Gasteiger partial charge in [-0.1, -0.05) is 12.1 Å². The normalized spacial score (nSPS) is 11.9. The molecule has 1 N–H and O–H groups in total. The highest BCUT2D eigenvalue weighted by atomic mass is 19.1. The molecule has 30 heavy (non-hydrogen) atoms. The van der Waals surface area contributed by atoms with E-state index in [1.165, 1.54) is 12.1 Å². The second-order valence-corrected chi connectivity index (χ2v) is 7.36. The molecule has 0 aliphatic carbocycles. The topological polar surface area (TPSA) is 54.7 Å². The maximum atomic E-state index is 13.3.